The summed E-state index contributed by atoms with van der Waals surface area (Å²) in [7, 11) is 0. The molecule has 1 aromatic carbocycles. The van der Waals surface area contributed by atoms with Crippen molar-refractivity contribution in [2.75, 3.05) is 11.9 Å². The van der Waals surface area contributed by atoms with E-state index in [2.05, 4.69) is 0 Å². The van der Waals surface area contributed by atoms with Gasteiger partial charge in [-0.15, -0.1) is 0 Å². The molecule has 1 unspecified atom stereocenters. The molecule has 0 saturated carbocycles. The Kier molecular flexibility index (Phi) is 2.80. The van der Waals surface area contributed by atoms with Crippen LogP contribution in [0.1, 0.15) is 12.8 Å². The lowest BCUT2D eigenvalue weighted by atomic mass is 10.4. The van der Waals surface area contributed by atoms with E-state index in [9.17, 15) is 4.57 Å². The normalized spacial score (nSPS) is 28.6. The Labute approximate surface area is 83.0 Å². The first-order valence-electron chi connectivity index (χ1n) is 4.60. The third-order valence-corrected chi connectivity index (χ3v) is 8.15. The molecule has 0 aliphatic carbocycles. The second-order valence-corrected chi connectivity index (χ2v) is 8.79. The van der Waals surface area contributed by atoms with Crippen LogP contribution in [0.2, 0.25) is 0 Å². The van der Waals surface area contributed by atoms with Crippen molar-refractivity contribution in [1.29, 1.82) is 0 Å². The van der Waals surface area contributed by atoms with E-state index >= 15 is 0 Å². The van der Waals surface area contributed by atoms with E-state index in [0.29, 0.717) is 0 Å². The van der Waals surface area contributed by atoms with Crippen LogP contribution in [0.5, 0.6) is 0 Å². The van der Waals surface area contributed by atoms with Gasteiger partial charge in [-0.25, -0.2) is 0 Å². The molecule has 0 radical (unpaired) electrons. The highest BCUT2D eigenvalue weighted by atomic mass is 32.7. The third kappa shape index (κ3) is 2.00. The number of hydrogen-bond acceptors (Lipinski definition) is 2. The van der Waals surface area contributed by atoms with E-state index in [1.807, 2.05) is 30.3 Å². The molecule has 0 aromatic heterocycles. The molecule has 1 aliphatic heterocycles. The molecule has 0 N–H and O–H groups in total. The van der Waals surface area contributed by atoms with Crippen LogP contribution in [0.25, 0.3) is 0 Å². The number of rotatable bonds is 1. The van der Waals surface area contributed by atoms with Crippen LogP contribution in [0.4, 0.5) is 0 Å². The largest absolute Gasteiger partial charge is 0.307 e. The van der Waals surface area contributed by atoms with Crippen molar-refractivity contribution < 1.29 is 4.57 Å². The van der Waals surface area contributed by atoms with Gasteiger partial charge in [0.15, 0.2) is 6.34 Å². The van der Waals surface area contributed by atoms with Crippen molar-refractivity contribution in [2.45, 2.75) is 12.8 Å². The van der Waals surface area contributed by atoms with Crippen LogP contribution in [0, 0.1) is 0 Å². The van der Waals surface area contributed by atoms with Gasteiger partial charge in [0, 0.05) is 17.2 Å². The smallest absolute Gasteiger partial charge is 0.167 e. The molecule has 2 rings (SSSR count). The van der Waals surface area contributed by atoms with Gasteiger partial charge in [-0.05, 0) is 12.8 Å². The molecular formula is C10H13OPS. The van der Waals surface area contributed by atoms with Gasteiger partial charge < -0.3 is 4.57 Å². The molecule has 1 atom stereocenters. The average Bonchev–Trinajstić information content (AvgIpc) is 2.20. The molecule has 1 saturated heterocycles. The first-order chi connectivity index (χ1) is 6.31. The fourth-order valence-electron chi connectivity index (χ4n) is 1.56. The van der Waals surface area contributed by atoms with E-state index in [1.54, 1.807) is 11.4 Å². The minimum absolute atomic E-state index is 0.891. The van der Waals surface area contributed by atoms with E-state index in [-0.39, 0.29) is 0 Å². The van der Waals surface area contributed by atoms with Gasteiger partial charge in [-0.2, -0.15) is 0 Å². The lowest BCUT2D eigenvalue weighted by Gasteiger charge is -2.21. The van der Waals surface area contributed by atoms with E-state index in [0.717, 1.165) is 23.6 Å². The zero-order valence-electron chi connectivity index (χ0n) is 7.48. The lowest BCUT2D eigenvalue weighted by molar-refractivity contribution is 0.587. The summed E-state index contributed by atoms with van der Waals surface area (Å²) in [5.74, 6) is 1.06. The topological polar surface area (TPSA) is 17.1 Å². The van der Waals surface area contributed by atoms with E-state index in [1.165, 1.54) is 6.42 Å². The van der Waals surface area contributed by atoms with Crippen molar-refractivity contribution in [2.24, 2.45) is 0 Å². The van der Waals surface area contributed by atoms with Gasteiger partial charge in [0.05, 0.1) is 0 Å². The Balaban J connectivity index is 2.29. The van der Waals surface area contributed by atoms with E-state index < -0.39 is 6.34 Å². The van der Waals surface area contributed by atoms with E-state index in [4.69, 9.17) is 0 Å². The van der Waals surface area contributed by atoms with Crippen molar-refractivity contribution in [3.63, 3.8) is 0 Å². The van der Waals surface area contributed by atoms with Crippen LogP contribution < -0.4 is 5.30 Å². The maximum absolute atomic E-state index is 12.4. The number of hydrogen-bond donors (Lipinski definition) is 0. The first kappa shape index (κ1) is 9.36. The highest BCUT2D eigenvalue weighted by Gasteiger charge is 2.27. The molecule has 13 heavy (non-hydrogen) atoms. The molecule has 3 heteroatoms. The summed E-state index contributed by atoms with van der Waals surface area (Å²) in [6.07, 6.45) is 1.19. The van der Waals surface area contributed by atoms with Crippen LogP contribution in [0.15, 0.2) is 30.3 Å². The third-order valence-electron chi connectivity index (χ3n) is 2.30. The molecule has 0 amide bonds. The fourth-order valence-corrected chi connectivity index (χ4v) is 6.85. The Morgan fingerprint density at radius 3 is 2.54 bits per heavy atom. The quantitative estimate of drug-likeness (QED) is 0.665. The van der Waals surface area contributed by atoms with Crippen molar-refractivity contribution in [3.8, 4) is 0 Å². The fraction of sp³-hybridized carbons (Fsp3) is 0.400. The summed E-state index contributed by atoms with van der Waals surface area (Å²) < 4.78 is 12.4. The highest BCUT2D eigenvalue weighted by molar-refractivity contribution is 8.60. The Morgan fingerprint density at radius 1 is 1.15 bits per heavy atom. The van der Waals surface area contributed by atoms with Crippen LogP contribution >= 0.6 is 17.7 Å². The predicted octanol–water partition coefficient (Wildman–Crippen LogP) is 3.12. The standard InChI is InChI=1S/C10H13OPS/c11-12(8-4-5-9-13-12)10-6-2-1-3-7-10/h1-3,6-7H,4-5,8-9H2. The summed E-state index contributed by atoms with van der Waals surface area (Å²) in [6.45, 7) is 0. The Hall–Kier alpha value is -0.200. The van der Waals surface area contributed by atoms with Crippen LogP contribution in [-0.4, -0.2) is 11.9 Å². The average molecular weight is 212 g/mol. The van der Waals surface area contributed by atoms with Gasteiger partial charge in [0.2, 0.25) is 0 Å². The van der Waals surface area contributed by atoms with Gasteiger partial charge in [-0.1, -0.05) is 41.7 Å². The van der Waals surface area contributed by atoms with Crippen molar-refractivity contribution >= 4 is 23.0 Å². The second-order valence-electron chi connectivity index (χ2n) is 3.27. The predicted molar refractivity (Wildman–Crippen MR) is 60.2 cm³/mol. The molecule has 1 aliphatic rings. The van der Waals surface area contributed by atoms with Gasteiger partial charge in [-0.3, -0.25) is 0 Å². The summed E-state index contributed by atoms with van der Waals surface area (Å²) in [4.78, 5) is 0. The van der Waals surface area contributed by atoms with Crippen molar-refractivity contribution in [1.82, 2.24) is 0 Å². The van der Waals surface area contributed by atoms with Crippen LogP contribution in [-0.2, 0) is 4.57 Å². The van der Waals surface area contributed by atoms with Crippen molar-refractivity contribution in [3.05, 3.63) is 30.3 Å². The summed E-state index contributed by atoms with van der Waals surface area (Å²) >= 11 is 1.67. The summed E-state index contributed by atoms with van der Waals surface area (Å²) in [5, 5.41) is 1.06. The molecule has 1 aromatic rings. The van der Waals surface area contributed by atoms with Gasteiger partial charge in [0.25, 0.3) is 0 Å². The Bertz CT molecular complexity index is 313. The van der Waals surface area contributed by atoms with Gasteiger partial charge >= 0.3 is 0 Å². The first-order valence-corrected chi connectivity index (χ1v) is 8.09. The molecule has 70 valence electrons. The SMILES string of the molecule is O=P1(c2ccccc2)CCCCS1. The lowest BCUT2D eigenvalue weighted by Crippen LogP contribution is -2.08. The maximum atomic E-state index is 12.4. The minimum atomic E-state index is -2.05. The Morgan fingerprint density at radius 2 is 1.92 bits per heavy atom. The molecule has 1 fully saturated rings. The molecule has 1 nitrogen and oxygen atoms in total. The summed E-state index contributed by atoms with van der Waals surface area (Å²) in [6, 6.07) is 9.93. The molecular weight excluding hydrogens is 199 g/mol. The monoisotopic (exact) mass is 212 g/mol. The summed E-state index contributed by atoms with van der Waals surface area (Å²) in [5.41, 5.74) is 0. The number of benzene rings is 1. The minimum Gasteiger partial charge on any atom is -0.307 e. The molecule has 1 heterocycles. The maximum Gasteiger partial charge on any atom is 0.167 e. The highest BCUT2D eigenvalue weighted by Crippen LogP contribution is 2.60. The molecule has 0 bridgehead atoms. The van der Waals surface area contributed by atoms with Gasteiger partial charge in [0.1, 0.15) is 0 Å². The zero-order chi connectivity index (χ0) is 9.15. The molecule has 0 spiro atoms. The van der Waals surface area contributed by atoms with Crippen LogP contribution in [0.3, 0.4) is 0 Å². The zero-order valence-corrected chi connectivity index (χ0v) is 9.19. The second kappa shape index (κ2) is 3.89.